The summed E-state index contributed by atoms with van der Waals surface area (Å²) in [5, 5.41) is 6.86. The summed E-state index contributed by atoms with van der Waals surface area (Å²) in [5.41, 5.74) is 1.56. The standard InChI is InChI=1S/C15H23NS2/c1-10-3-4-12(7-10)9-16-14-8-11(2)18-15-13(14)5-6-17-15/h5-6,10-12,14,16H,3-4,7-9H2,1-2H3/t10?,11-,12?,14?/m0/s1. The largest absolute Gasteiger partial charge is 0.310 e. The highest BCUT2D eigenvalue weighted by Crippen LogP contribution is 2.44. The quantitative estimate of drug-likeness (QED) is 0.862. The highest BCUT2D eigenvalue weighted by Gasteiger charge is 2.27. The first-order chi connectivity index (χ1) is 8.72. The molecule has 1 nitrogen and oxygen atoms in total. The first kappa shape index (κ1) is 13.0. The number of hydrogen-bond acceptors (Lipinski definition) is 3. The van der Waals surface area contributed by atoms with Crippen LogP contribution >= 0.6 is 23.1 Å². The SMILES string of the molecule is CC1CCC(CNC2C[C@H](C)Sc3sccc32)C1. The number of thioether (sulfide) groups is 1. The molecule has 4 atom stereocenters. The summed E-state index contributed by atoms with van der Waals surface area (Å²) in [4.78, 5) is 0. The molecule has 1 fully saturated rings. The molecule has 1 aromatic heterocycles. The van der Waals surface area contributed by atoms with Gasteiger partial charge in [-0.3, -0.25) is 0 Å². The topological polar surface area (TPSA) is 12.0 Å². The van der Waals surface area contributed by atoms with Crippen molar-refractivity contribution in [3.05, 3.63) is 17.0 Å². The van der Waals surface area contributed by atoms with Gasteiger partial charge in [0.2, 0.25) is 0 Å². The van der Waals surface area contributed by atoms with E-state index in [0.717, 1.165) is 17.1 Å². The molecule has 1 aromatic rings. The lowest BCUT2D eigenvalue weighted by Gasteiger charge is -2.28. The van der Waals surface area contributed by atoms with Gasteiger partial charge in [0.05, 0.1) is 4.21 Å². The Bertz CT molecular complexity index is 401. The van der Waals surface area contributed by atoms with Crippen LogP contribution in [0.2, 0.25) is 0 Å². The average Bonchev–Trinajstić information content (AvgIpc) is 2.94. The molecule has 2 aliphatic rings. The average molecular weight is 281 g/mol. The Hall–Kier alpha value is 0.0100. The van der Waals surface area contributed by atoms with Crippen LogP contribution in [0.25, 0.3) is 0 Å². The number of nitrogens with one attached hydrogen (secondary N) is 1. The van der Waals surface area contributed by atoms with Gasteiger partial charge >= 0.3 is 0 Å². The van der Waals surface area contributed by atoms with Gasteiger partial charge < -0.3 is 5.32 Å². The summed E-state index contributed by atoms with van der Waals surface area (Å²) in [6.07, 6.45) is 5.59. The van der Waals surface area contributed by atoms with Gasteiger partial charge in [0.15, 0.2) is 0 Å². The predicted octanol–water partition coefficient (Wildman–Crippen LogP) is 4.70. The van der Waals surface area contributed by atoms with Crippen molar-refractivity contribution in [1.29, 1.82) is 0 Å². The Labute approximate surface area is 119 Å². The van der Waals surface area contributed by atoms with Crippen LogP contribution in [0.3, 0.4) is 0 Å². The zero-order valence-corrected chi connectivity index (χ0v) is 12.9. The lowest BCUT2D eigenvalue weighted by Crippen LogP contribution is -2.30. The Balaban J connectivity index is 1.60. The van der Waals surface area contributed by atoms with Crippen molar-refractivity contribution in [2.45, 2.75) is 55.0 Å². The van der Waals surface area contributed by atoms with Crippen molar-refractivity contribution in [2.24, 2.45) is 11.8 Å². The van der Waals surface area contributed by atoms with Crippen LogP contribution in [0.1, 0.15) is 51.1 Å². The second-order valence-electron chi connectivity index (χ2n) is 6.07. The fourth-order valence-electron chi connectivity index (χ4n) is 3.36. The molecule has 3 rings (SSSR count). The van der Waals surface area contributed by atoms with Gasteiger partial charge in [-0.2, -0.15) is 0 Å². The zero-order valence-electron chi connectivity index (χ0n) is 11.3. The Morgan fingerprint density at radius 2 is 2.17 bits per heavy atom. The van der Waals surface area contributed by atoms with Gasteiger partial charge in [-0.1, -0.05) is 20.3 Å². The monoisotopic (exact) mass is 281 g/mol. The molecule has 3 unspecified atom stereocenters. The number of fused-ring (bicyclic) bond motifs is 1. The molecule has 0 spiro atoms. The van der Waals surface area contributed by atoms with E-state index in [4.69, 9.17) is 0 Å². The van der Waals surface area contributed by atoms with Crippen LogP contribution in [0.4, 0.5) is 0 Å². The predicted molar refractivity (Wildman–Crippen MR) is 81.5 cm³/mol. The number of hydrogen-bond donors (Lipinski definition) is 1. The van der Waals surface area contributed by atoms with Crippen LogP contribution < -0.4 is 5.32 Å². The number of rotatable bonds is 3. The van der Waals surface area contributed by atoms with Gasteiger partial charge in [0, 0.05) is 11.3 Å². The maximum Gasteiger partial charge on any atom is 0.0649 e. The van der Waals surface area contributed by atoms with Gasteiger partial charge in [-0.05, 0) is 54.7 Å². The molecule has 0 saturated heterocycles. The normalized spacial score (nSPS) is 35.7. The third-order valence-corrected chi connectivity index (χ3v) is 6.71. The fourth-order valence-corrected chi connectivity index (χ4v) is 5.93. The summed E-state index contributed by atoms with van der Waals surface area (Å²) >= 11 is 3.97. The fraction of sp³-hybridized carbons (Fsp3) is 0.733. The maximum absolute atomic E-state index is 3.85. The molecule has 0 bridgehead atoms. The third kappa shape index (κ3) is 2.78. The summed E-state index contributed by atoms with van der Waals surface area (Å²) in [6, 6.07) is 2.94. The number of thiophene rings is 1. The van der Waals surface area contributed by atoms with E-state index in [9.17, 15) is 0 Å². The van der Waals surface area contributed by atoms with Crippen LogP contribution in [0, 0.1) is 11.8 Å². The van der Waals surface area contributed by atoms with E-state index in [1.165, 1.54) is 32.2 Å². The van der Waals surface area contributed by atoms with Crippen molar-refractivity contribution in [2.75, 3.05) is 6.54 Å². The van der Waals surface area contributed by atoms with E-state index >= 15 is 0 Å². The maximum atomic E-state index is 3.85. The van der Waals surface area contributed by atoms with Crippen LogP contribution in [0.5, 0.6) is 0 Å². The first-order valence-electron chi connectivity index (χ1n) is 7.20. The molecule has 0 radical (unpaired) electrons. The van der Waals surface area contributed by atoms with Crippen molar-refractivity contribution in [3.63, 3.8) is 0 Å². The lowest BCUT2D eigenvalue weighted by atomic mass is 10.0. The summed E-state index contributed by atoms with van der Waals surface area (Å²) < 4.78 is 1.55. The van der Waals surface area contributed by atoms with Crippen molar-refractivity contribution >= 4 is 23.1 Å². The molecule has 18 heavy (non-hydrogen) atoms. The summed E-state index contributed by atoms with van der Waals surface area (Å²) in [7, 11) is 0. The van der Waals surface area contributed by atoms with E-state index in [-0.39, 0.29) is 0 Å². The second kappa shape index (κ2) is 5.56. The minimum atomic E-state index is 0.610. The van der Waals surface area contributed by atoms with Crippen LogP contribution in [0.15, 0.2) is 15.7 Å². The van der Waals surface area contributed by atoms with Crippen LogP contribution in [-0.4, -0.2) is 11.8 Å². The molecular formula is C15H23NS2. The van der Waals surface area contributed by atoms with E-state index in [1.807, 2.05) is 11.3 Å². The van der Waals surface area contributed by atoms with Gasteiger partial charge in [-0.25, -0.2) is 0 Å². The minimum absolute atomic E-state index is 0.610. The molecular weight excluding hydrogens is 258 g/mol. The Morgan fingerprint density at radius 1 is 1.28 bits per heavy atom. The molecule has 3 heteroatoms. The highest BCUT2D eigenvalue weighted by molar-refractivity contribution is 8.01. The third-order valence-electron chi connectivity index (χ3n) is 4.37. The van der Waals surface area contributed by atoms with E-state index in [2.05, 4.69) is 42.4 Å². The van der Waals surface area contributed by atoms with Gasteiger partial charge in [-0.15, -0.1) is 23.1 Å². The molecule has 2 heterocycles. The highest BCUT2D eigenvalue weighted by atomic mass is 32.2. The van der Waals surface area contributed by atoms with E-state index < -0.39 is 0 Å². The summed E-state index contributed by atoms with van der Waals surface area (Å²) in [5.74, 6) is 1.88. The van der Waals surface area contributed by atoms with Crippen molar-refractivity contribution < 1.29 is 0 Å². The van der Waals surface area contributed by atoms with Gasteiger partial charge in [0.1, 0.15) is 0 Å². The lowest BCUT2D eigenvalue weighted by molar-refractivity contribution is 0.410. The Morgan fingerprint density at radius 3 is 2.94 bits per heavy atom. The molecule has 1 N–H and O–H groups in total. The first-order valence-corrected chi connectivity index (χ1v) is 8.95. The molecule has 1 aliphatic carbocycles. The van der Waals surface area contributed by atoms with E-state index in [0.29, 0.717) is 6.04 Å². The van der Waals surface area contributed by atoms with E-state index in [1.54, 1.807) is 9.77 Å². The molecule has 0 amide bonds. The zero-order chi connectivity index (χ0) is 12.5. The smallest absolute Gasteiger partial charge is 0.0649 e. The van der Waals surface area contributed by atoms with Gasteiger partial charge in [0.25, 0.3) is 0 Å². The molecule has 100 valence electrons. The molecule has 0 aromatic carbocycles. The minimum Gasteiger partial charge on any atom is -0.310 e. The van der Waals surface area contributed by atoms with Crippen LogP contribution in [-0.2, 0) is 0 Å². The Kier molecular flexibility index (Phi) is 4.02. The molecule has 1 saturated carbocycles. The van der Waals surface area contributed by atoms with Crippen molar-refractivity contribution in [3.8, 4) is 0 Å². The second-order valence-corrected chi connectivity index (χ2v) is 8.70. The molecule has 1 aliphatic heterocycles. The van der Waals surface area contributed by atoms with Crippen molar-refractivity contribution in [1.82, 2.24) is 5.32 Å². The summed E-state index contributed by atoms with van der Waals surface area (Å²) in [6.45, 7) is 5.98.